The van der Waals surface area contributed by atoms with Crippen LogP contribution in [-0.2, 0) is 14.9 Å². The Morgan fingerprint density at radius 1 is 1.11 bits per heavy atom. The van der Waals surface area contributed by atoms with Gasteiger partial charge >= 0.3 is 10.1 Å². The number of carbonyl (C=O) groups excluding carboxylic acids is 1. The minimum atomic E-state index is -4.08. The Labute approximate surface area is 162 Å². The number of aromatic nitrogens is 2. The Balaban J connectivity index is 1.79. The van der Waals surface area contributed by atoms with E-state index >= 15 is 0 Å². The largest absolute Gasteiger partial charge is 0.357 e. The molecule has 0 aliphatic heterocycles. The molecule has 1 fully saturated rings. The lowest BCUT2D eigenvalue weighted by atomic mass is 10.1. The van der Waals surface area contributed by atoms with Gasteiger partial charge in [0.05, 0.1) is 10.9 Å². The second-order valence-corrected chi connectivity index (χ2v) is 8.48. The van der Waals surface area contributed by atoms with Gasteiger partial charge in [0.15, 0.2) is 0 Å². The molecule has 4 rings (SSSR count). The van der Waals surface area contributed by atoms with Gasteiger partial charge in [0.25, 0.3) is 0 Å². The molecule has 28 heavy (non-hydrogen) atoms. The van der Waals surface area contributed by atoms with Crippen molar-refractivity contribution in [3.8, 4) is 5.88 Å². The van der Waals surface area contributed by atoms with E-state index in [4.69, 9.17) is 4.18 Å². The van der Waals surface area contributed by atoms with Crippen LogP contribution >= 0.6 is 0 Å². The monoisotopic (exact) mass is 397 g/mol. The molecule has 1 aliphatic rings. The Kier molecular flexibility index (Phi) is 4.50. The molecule has 144 valence electrons. The van der Waals surface area contributed by atoms with Crippen LogP contribution in [-0.4, -0.2) is 24.3 Å². The van der Waals surface area contributed by atoms with Crippen molar-refractivity contribution < 1.29 is 17.4 Å². The van der Waals surface area contributed by atoms with E-state index in [9.17, 15) is 13.2 Å². The van der Waals surface area contributed by atoms with Crippen molar-refractivity contribution in [3.63, 3.8) is 0 Å². The Morgan fingerprint density at radius 2 is 1.82 bits per heavy atom. The number of amides is 1. The Hall–Kier alpha value is -3.00. The van der Waals surface area contributed by atoms with Crippen molar-refractivity contribution >= 4 is 32.9 Å². The minimum absolute atomic E-state index is 0.00190. The van der Waals surface area contributed by atoms with Gasteiger partial charge in [-0.05, 0) is 55.5 Å². The highest BCUT2D eigenvalue weighted by atomic mass is 32.2. The smallest absolute Gasteiger partial charge is 0.340 e. The molecule has 0 radical (unpaired) electrons. The molecule has 0 atom stereocenters. The van der Waals surface area contributed by atoms with Crippen LogP contribution in [0.4, 0.5) is 5.95 Å². The number of hydrogen-bond donors (Lipinski definition) is 1. The van der Waals surface area contributed by atoms with Gasteiger partial charge in [0.2, 0.25) is 17.7 Å². The maximum atomic E-state index is 12.7. The molecule has 1 N–H and O–H groups in total. The first-order valence-corrected chi connectivity index (χ1v) is 10.3. The summed E-state index contributed by atoms with van der Waals surface area (Å²) in [4.78, 5) is 19.9. The molecule has 1 aromatic heterocycles. The molecular formula is C20H19N3O4S. The van der Waals surface area contributed by atoms with Gasteiger partial charge in [-0.15, -0.1) is 0 Å². The van der Waals surface area contributed by atoms with E-state index in [0.29, 0.717) is 16.8 Å². The van der Waals surface area contributed by atoms with E-state index in [-0.39, 0.29) is 22.6 Å². The molecule has 1 amide bonds. The van der Waals surface area contributed by atoms with Crippen molar-refractivity contribution in [1.82, 2.24) is 9.97 Å². The predicted octanol–water partition coefficient (Wildman–Crippen LogP) is 3.54. The van der Waals surface area contributed by atoms with Crippen molar-refractivity contribution in [3.05, 3.63) is 53.6 Å². The summed E-state index contributed by atoms with van der Waals surface area (Å²) in [6, 6.07) is 11.9. The van der Waals surface area contributed by atoms with Crippen molar-refractivity contribution in [2.24, 2.45) is 0 Å². The van der Waals surface area contributed by atoms with Gasteiger partial charge < -0.3 is 4.18 Å². The number of hydrogen-bond acceptors (Lipinski definition) is 6. The van der Waals surface area contributed by atoms with E-state index in [1.807, 2.05) is 19.1 Å². The lowest BCUT2D eigenvalue weighted by Crippen LogP contribution is -2.14. The predicted molar refractivity (Wildman–Crippen MR) is 105 cm³/mol. The van der Waals surface area contributed by atoms with Gasteiger partial charge in [0.1, 0.15) is 4.90 Å². The molecule has 1 aliphatic carbocycles. The zero-order chi connectivity index (χ0) is 19.9. The summed E-state index contributed by atoms with van der Waals surface area (Å²) in [7, 11) is -4.08. The number of anilines is 1. The summed E-state index contributed by atoms with van der Waals surface area (Å²) in [6.07, 6.45) is 2.25. The minimum Gasteiger partial charge on any atom is -0.357 e. The van der Waals surface area contributed by atoms with Crippen LogP contribution < -0.4 is 9.50 Å². The maximum Gasteiger partial charge on any atom is 0.340 e. The Bertz CT molecular complexity index is 1170. The van der Waals surface area contributed by atoms with Crippen molar-refractivity contribution in [1.29, 1.82) is 0 Å². The van der Waals surface area contributed by atoms with Crippen molar-refractivity contribution in [2.75, 3.05) is 5.32 Å². The number of nitrogens with one attached hydrogen (secondary N) is 1. The van der Waals surface area contributed by atoms with Gasteiger partial charge in [-0.25, -0.2) is 4.98 Å². The zero-order valence-corrected chi connectivity index (χ0v) is 16.3. The fraction of sp³-hybridized carbons (Fsp3) is 0.250. The van der Waals surface area contributed by atoms with Crippen LogP contribution in [0.15, 0.2) is 47.4 Å². The molecule has 2 aromatic carbocycles. The number of fused-ring (bicyclic) bond motifs is 1. The number of nitrogens with zero attached hydrogens (tertiary/aromatic N) is 2. The molecule has 8 heteroatoms. The number of aryl methyl sites for hydroxylation is 1. The van der Waals surface area contributed by atoms with E-state index in [0.717, 1.165) is 24.0 Å². The first-order chi connectivity index (χ1) is 13.3. The average Bonchev–Trinajstić information content (AvgIpc) is 3.46. The Morgan fingerprint density at radius 3 is 2.46 bits per heavy atom. The van der Waals surface area contributed by atoms with Crippen LogP contribution in [0.5, 0.6) is 5.88 Å². The van der Waals surface area contributed by atoms with E-state index < -0.39 is 10.1 Å². The van der Waals surface area contributed by atoms with Crippen LogP contribution in [0.25, 0.3) is 10.9 Å². The summed E-state index contributed by atoms with van der Waals surface area (Å²) in [5.74, 6) is 0.0352. The standard InChI is InChI=1S/C20H19N3O4S/c1-12-3-8-16(9-4-12)28(25,26)27-19-17-10-7-15(14-5-6-14)11-18(17)22-20(23-19)21-13(2)24/h3-4,7-11,14H,5-6H2,1-2H3,(H,21,22,23,24). The zero-order valence-electron chi connectivity index (χ0n) is 15.5. The van der Waals surface area contributed by atoms with Gasteiger partial charge in [-0.2, -0.15) is 13.4 Å². The van der Waals surface area contributed by atoms with E-state index in [1.54, 1.807) is 18.2 Å². The fourth-order valence-electron chi connectivity index (χ4n) is 2.92. The topological polar surface area (TPSA) is 98.2 Å². The number of carbonyl (C=O) groups is 1. The van der Waals surface area contributed by atoms with Gasteiger partial charge in [0, 0.05) is 6.92 Å². The first kappa shape index (κ1) is 18.4. The molecule has 0 saturated heterocycles. The lowest BCUT2D eigenvalue weighted by Gasteiger charge is -2.11. The fourth-order valence-corrected chi connectivity index (χ4v) is 3.82. The third kappa shape index (κ3) is 3.82. The van der Waals surface area contributed by atoms with E-state index in [1.165, 1.54) is 19.1 Å². The summed E-state index contributed by atoms with van der Waals surface area (Å²) >= 11 is 0. The van der Waals surface area contributed by atoms with Crippen LogP contribution in [0.3, 0.4) is 0 Å². The lowest BCUT2D eigenvalue weighted by molar-refractivity contribution is -0.114. The molecule has 7 nitrogen and oxygen atoms in total. The molecule has 1 heterocycles. The molecular weight excluding hydrogens is 378 g/mol. The quantitative estimate of drug-likeness (QED) is 0.661. The SMILES string of the molecule is CC(=O)Nc1nc(OS(=O)(=O)c2ccc(C)cc2)c2ccc(C3CC3)cc2n1. The second kappa shape index (κ2) is 6.87. The highest BCUT2D eigenvalue weighted by Gasteiger charge is 2.25. The van der Waals surface area contributed by atoms with Crippen LogP contribution in [0.1, 0.15) is 36.8 Å². The molecule has 0 bridgehead atoms. The average molecular weight is 397 g/mol. The second-order valence-electron chi connectivity index (χ2n) is 6.93. The normalized spacial score (nSPS) is 14.1. The number of benzene rings is 2. The molecule has 0 unspecified atom stereocenters. The third-order valence-corrected chi connectivity index (χ3v) is 5.75. The van der Waals surface area contributed by atoms with E-state index in [2.05, 4.69) is 15.3 Å². The summed E-state index contributed by atoms with van der Waals surface area (Å²) in [5.41, 5.74) is 2.59. The van der Waals surface area contributed by atoms with Gasteiger partial charge in [-0.1, -0.05) is 23.8 Å². The summed E-state index contributed by atoms with van der Waals surface area (Å²) < 4.78 is 30.8. The van der Waals surface area contributed by atoms with Crippen molar-refractivity contribution in [2.45, 2.75) is 37.5 Å². The highest BCUT2D eigenvalue weighted by Crippen LogP contribution is 2.41. The van der Waals surface area contributed by atoms with Crippen LogP contribution in [0, 0.1) is 6.92 Å². The highest BCUT2D eigenvalue weighted by molar-refractivity contribution is 7.87. The summed E-state index contributed by atoms with van der Waals surface area (Å²) in [5, 5.41) is 2.97. The summed E-state index contributed by atoms with van der Waals surface area (Å²) in [6.45, 7) is 3.20. The van der Waals surface area contributed by atoms with Gasteiger partial charge in [-0.3, -0.25) is 10.1 Å². The molecule has 1 saturated carbocycles. The molecule has 3 aromatic rings. The molecule has 0 spiro atoms. The maximum absolute atomic E-state index is 12.7. The van der Waals surface area contributed by atoms with Crippen LogP contribution in [0.2, 0.25) is 0 Å². The number of rotatable bonds is 5. The third-order valence-electron chi connectivity index (χ3n) is 4.52. The first-order valence-electron chi connectivity index (χ1n) is 8.92.